The first-order chi connectivity index (χ1) is 13.8. The maximum atomic E-state index is 13.3. The van der Waals surface area contributed by atoms with Gasteiger partial charge in [0.1, 0.15) is 6.04 Å². The lowest BCUT2D eigenvalue weighted by atomic mass is 9.92. The molecule has 2 unspecified atom stereocenters. The summed E-state index contributed by atoms with van der Waals surface area (Å²) in [4.78, 5) is 17.8. The van der Waals surface area contributed by atoms with Crippen molar-refractivity contribution in [2.24, 2.45) is 5.92 Å². The third-order valence-corrected chi connectivity index (χ3v) is 6.26. The van der Waals surface area contributed by atoms with Gasteiger partial charge in [-0.15, -0.1) is 0 Å². The molecule has 3 aromatic rings. The topological polar surface area (TPSA) is 59.0 Å². The Morgan fingerprint density at radius 2 is 1.79 bits per heavy atom. The molecule has 3 heterocycles. The van der Waals surface area contributed by atoms with Gasteiger partial charge in [0.05, 0.1) is 17.4 Å². The molecule has 4 atom stereocenters. The summed E-state index contributed by atoms with van der Waals surface area (Å²) in [7, 11) is 0. The van der Waals surface area contributed by atoms with Crippen LogP contribution in [0.4, 0.5) is 0 Å². The van der Waals surface area contributed by atoms with Gasteiger partial charge in [0.15, 0.2) is 0 Å². The normalized spacial score (nSPS) is 24.9. The Balaban J connectivity index is 1.39. The van der Waals surface area contributed by atoms with Crippen LogP contribution in [-0.2, 0) is 4.79 Å². The SMILES string of the molecule is O=C(NCC1C[C@H]2CC[C@@H](C1)N2)C(c1ccccc1)n1cnc2ccccc21. The smallest absolute Gasteiger partial charge is 0.247 e. The van der Waals surface area contributed by atoms with Crippen LogP contribution in [-0.4, -0.2) is 34.1 Å². The van der Waals surface area contributed by atoms with Crippen LogP contribution in [0.25, 0.3) is 11.0 Å². The van der Waals surface area contributed by atoms with Gasteiger partial charge in [0.25, 0.3) is 0 Å². The second-order valence-electron chi connectivity index (χ2n) is 8.17. The van der Waals surface area contributed by atoms with Crippen molar-refractivity contribution in [2.45, 2.75) is 43.8 Å². The fourth-order valence-electron chi connectivity index (χ4n) is 4.94. The molecule has 0 spiro atoms. The first kappa shape index (κ1) is 17.4. The minimum absolute atomic E-state index is 0.0419. The van der Waals surface area contributed by atoms with Gasteiger partial charge >= 0.3 is 0 Å². The molecule has 2 aliphatic rings. The molecule has 28 heavy (non-hydrogen) atoms. The van der Waals surface area contributed by atoms with Crippen LogP contribution in [0.5, 0.6) is 0 Å². The lowest BCUT2D eigenvalue weighted by Gasteiger charge is -2.30. The number of para-hydroxylation sites is 2. The first-order valence-corrected chi connectivity index (χ1v) is 10.3. The summed E-state index contributed by atoms with van der Waals surface area (Å²) in [6, 6.07) is 18.8. The Labute approximate surface area is 165 Å². The molecule has 2 aromatic carbocycles. The zero-order chi connectivity index (χ0) is 18.9. The third-order valence-electron chi connectivity index (χ3n) is 6.26. The van der Waals surface area contributed by atoms with Crippen molar-refractivity contribution in [1.29, 1.82) is 0 Å². The zero-order valence-corrected chi connectivity index (χ0v) is 15.9. The minimum atomic E-state index is -0.410. The number of carbonyl (C=O) groups is 1. The molecule has 5 rings (SSSR count). The highest BCUT2D eigenvalue weighted by atomic mass is 16.2. The van der Waals surface area contributed by atoms with Crippen LogP contribution < -0.4 is 10.6 Å². The molecule has 5 heteroatoms. The van der Waals surface area contributed by atoms with Gasteiger partial charge < -0.3 is 15.2 Å². The largest absolute Gasteiger partial charge is 0.354 e. The van der Waals surface area contributed by atoms with Gasteiger partial charge in [-0.05, 0) is 49.3 Å². The number of nitrogens with one attached hydrogen (secondary N) is 2. The average molecular weight is 374 g/mol. The summed E-state index contributed by atoms with van der Waals surface area (Å²) < 4.78 is 1.99. The second-order valence-corrected chi connectivity index (χ2v) is 8.17. The van der Waals surface area contributed by atoms with Crippen molar-refractivity contribution in [1.82, 2.24) is 20.2 Å². The average Bonchev–Trinajstić information content (AvgIpc) is 3.30. The van der Waals surface area contributed by atoms with Crippen molar-refractivity contribution in [2.75, 3.05) is 6.54 Å². The Morgan fingerprint density at radius 1 is 1.07 bits per heavy atom. The van der Waals surface area contributed by atoms with Crippen LogP contribution in [0.15, 0.2) is 60.9 Å². The summed E-state index contributed by atoms with van der Waals surface area (Å²) in [5.41, 5.74) is 2.87. The van der Waals surface area contributed by atoms with E-state index in [9.17, 15) is 4.79 Å². The molecule has 0 saturated carbocycles. The summed E-state index contributed by atoms with van der Waals surface area (Å²) >= 11 is 0. The fourth-order valence-corrected chi connectivity index (χ4v) is 4.94. The van der Waals surface area contributed by atoms with Crippen LogP contribution in [0.3, 0.4) is 0 Å². The number of benzene rings is 2. The summed E-state index contributed by atoms with van der Waals surface area (Å²) in [6.07, 6.45) is 6.68. The molecule has 1 aromatic heterocycles. The number of amides is 1. The minimum Gasteiger partial charge on any atom is -0.354 e. The number of aromatic nitrogens is 2. The quantitative estimate of drug-likeness (QED) is 0.721. The molecule has 2 N–H and O–H groups in total. The number of rotatable bonds is 5. The lowest BCUT2D eigenvalue weighted by molar-refractivity contribution is -0.123. The Morgan fingerprint density at radius 3 is 2.57 bits per heavy atom. The van der Waals surface area contributed by atoms with E-state index in [-0.39, 0.29) is 5.91 Å². The van der Waals surface area contributed by atoms with Crippen LogP contribution >= 0.6 is 0 Å². The predicted octanol–water partition coefficient (Wildman–Crippen LogP) is 3.27. The lowest BCUT2D eigenvalue weighted by Crippen LogP contribution is -2.43. The molecule has 0 aliphatic carbocycles. The molecule has 0 radical (unpaired) electrons. The maximum absolute atomic E-state index is 13.3. The number of piperidine rings is 1. The van der Waals surface area contributed by atoms with E-state index in [1.807, 2.05) is 59.2 Å². The maximum Gasteiger partial charge on any atom is 0.247 e. The van der Waals surface area contributed by atoms with Gasteiger partial charge in [-0.25, -0.2) is 4.98 Å². The van der Waals surface area contributed by atoms with Crippen LogP contribution in [0.1, 0.15) is 37.3 Å². The molecule has 2 saturated heterocycles. The molecule has 1 amide bonds. The first-order valence-electron chi connectivity index (χ1n) is 10.3. The van der Waals surface area contributed by atoms with Crippen LogP contribution in [0.2, 0.25) is 0 Å². The number of nitrogens with zero attached hydrogens (tertiary/aromatic N) is 2. The highest BCUT2D eigenvalue weighted by Crippen LogP contribution is 2.31. The highest BCUT2D eigenvalue weighted by Gasteiger charge is 2.34. The van der Waals surface area contributed by atoms with E-state index in [1.54, 1.807) is 6.33 Å². The third kappa shape index (κ3) is 3.31. The second kappa shape index (κ2) is 7.40. The van der Waals surface area contributed by atoms with Crippen LogP contribution in [0, 0.1) is 5.92 Å². The monoisotopic (exact) mass is 374 g/mol. The van der Waals surface area contributed by atoms with E-state index in [4.69, 9.17) is 0 Å². The molecular formula is C23H26N4O. The van der Waals surface area contributed by atoms with Gasteiger partial charge in [-0.2, -0.15) is 0 Å². The van der Waals surface area contributed by atoms with Gasteiger partial charge in [0.2, 0.25) is 5.91 Å². The van der Waals surface area contributed by atoms with E-state index >= 15 is 0 Å². The van der Waals surface area contributed by atoms with Gasteiger partial charge in [-0.1, -0.05) is 42.5 Å². The molecule has 144 valence electrons. The van der Waals surface area contributed by atoms with Gasteiger partial charge in [-0.3, -0.25) is 4.79 Å². The van der Waals surface area contributed by atoms with E-state index in [0.29, 0.717) is 18.0 Å². The summed E-state index contributed by atoms with van der Waals surface area (Å²) in [5, 5.41) is 6.93. The van der Waals surface area contributed by atoms with Gasteiger partial charge in [0, 0.05) is 18.6 Å². The highest BCUT2D eigenvalue weighted by molar-refractivity contribution is 5.86. The van der Waals surface area contributed by atoms with Crippen molar-refractivity contribution < 1.29 is 4.79 Å². The van der Waals surface area contributed by atoms with Crippen molar-refractivity contribution in [3.8, 4) is 0 Å². The van der Waals surface area contributed by atoms with Crippen molar-refractivity contribution >= 4 is 16.9 Å². The Kier molecular flexibility index (Phi) is 4.61. The van der Waals surface area contributed by atoms with Crippen molar-refractivity contribution in [3.05, 3.63) is 66.5 Å². The number of hydrogen-bond donors (Lipinski definition) is 2. The molecule has 5 nitrogen and oxygen atoms in total. The molecule has 2 bridgehead atoms. The number of hydrogen-bond acceptors (Lipinski definition) is 3. The van der Waals surface area contributed by atoms with E-state index in [1.165, 1.54) is 25.7 Å². The van der Waals surface area contributed by atoms with E-state index in [0.717, 1.165) is 23.1 Å². The molecule has 2 fully saturated rings. The molecule has 2 aliphatic heterocycles. The van der Waals surface area contributed by atoms with E-state index < -0.39 is 6.04 Å². The zero-order valence-electron chi connectivity index (χ0n) is 15.9. The summed E-state index contributed by atoms with van der Waals surface area (Å²) in [5.74, 6) is 0.610. The Hall–Kier alpha value is -2.66. The number of imidazole rings is 1. The summed E-state index contributed by atoms with van der Waals surface area (Å²) in [6.45, 7) is 0.753. The fraction of sp³-hybridized carbons (Fsp3) is 0.391. The predicted molar refractivity (Wildman–Crippen MR) is 110 cm³/mol. The number of fused-ring (bicyclic) bond motifs is 3. The molecular weight excluding hydrogens is 348 g/mol. The standard InChI is InChI=1S/C23H26N4O/c28-23(24-14-16-12-18-10-11-19(13-16)26-18)22(17-6-2-1-3-7-17)27-15-25-20-8-4-5-9-21(20)27/h1-9,15-16,18-19,22,26H,10-14H2,(H,24,28)/t16?,18-,19+,22?. The number of carbonyl (C=O) groups excluding carboxylic acids is 1. The van der Waals surface area contributed by atoms with Crippen molar-refractivity contribution in [3.63, 3.8) is 0 Å². The van der Waals surface area contributed by atoms with E-state index in [2.05, 4.69) is 15.6 Å². The Bertz CT molecular complexity index is 955.